The molecule has 1 N–H and O–H groups in total. The molecule has 1 aliphatic heterocycles. The molecule has 0 spiro atoms. The average molecular weight is 303 g/mol. The van der Waals surface area contributed by atoms with Gasteiger partial charge in [-0.05, 0) is 12.1 Å². The Morgan fingerprint density at radius 3 is 2.60 bits per heavy atom. The van der Waals surface area contributed by atoms with Crippen molar-refractivity contribution in [2.45, 2.75) is 12.2 Å². The summed E-state index contributed by atoms with van der Waals surface area (Å²) in [5.41, 5.74) is -0.346. The van der Waals surface area contributed by atoms with Gasteiger partial charge in [0.25, 0.3) is 0 Å². The lowest BCUT2D eigenvalue weighted by Crippen LogP contribution is -2.30. The van der Waals surface area contributed by atoms with Crippen LogP contribution in [-0.4, -0.2) is 49.3 Å². The van der Waals surface area contributed by atoms with Crippen LogP contribution in [0.25, 0.3) is 0 Å². The fraction of sp³-hybridized carbons (Fsp3) is 0.455. The number of sulfone groups is 1. The maximum Gasteiger partial charge on any atom is 0.314 e. The van der Waals surface area contributed by atoms with Gasteiger partial charge in [0.1, 0.15) is 18.0 Å². The van der Waals surface area contributed by atoms with Gasteiger partial charge in [-0.25, -0.2) is 8.42 Å². The molecular formula is C11H13NO7S. The minimum atomic E-state index is -3.38. The highest BCUT2D eigenvalue weighted by atomic mass is 32.2. The molecule has 0 aliphatic carbocycles. The van der Waals surface area contributed by atoms with Gasteiger partial charge in [-0.2, -0.15) is 0 Å². The Hall–Kier alpha value is -1.87. The molecule has 1 aromatic rings. The van der Waals surface area contributed by atoms with Gasteiger partial charge in [-0.15, -0.1) is 0 Å². The largest absolute Gasteiger partial charge is 0.496 e. The first kappa shape index (κ1) is 14.5. The molecule has 2 rings (SSSR count). The Bertz CT molecular complexity index is 628. The maximum absolute atomic E-state index is 11.4. The van der Waals surface area contributed by atoms with Gasteiger partial charge >= 0.3 is 5.69 Å². The van der Waals surface area contributed by atoms with Gasteiger partial charge in [0.15, 0.2) is 15.6 Å². The summed E-state index contributed by atoms with van der Waals surface area (Å²) >= 11 is 0. The third-order valence-electron chi connectivity index (χ3n) is 2.91. The van der Waals surface area contributed by atoms with Crippen molar-refractivity contribution in [1.29, 1.82) is 0 Å². The van der Waals surface area contributed by atoms with Crippen molar-refractivity contribution >= 4 is 15.5 Å². The second-order valence-electron chi connectivity index (χ2n) is 4.39. The van der Waals surface area contributed by atoms with E-state index in [0.717, 1.165) is 0 Å². The molecule has 0 amide bonds. The van der Waals surface area contributed by atoms with Gasteiger partial charge in [0.05, 0.1) is 29.6 Å². The number of nitro benzene ring substituents is 1. The summed E-state index contributed by atoms with van der Waals surface area (Å²) in [6.45, 7) is 0. The van der Waals surface area contributed by atoms with E-state index in [9.17, 15) is 23.6 Å². The number of ether oxygens (including phenoxy) is 2. The number of hydrogen-bond acceptors (Lipinski definition) is 7. The average Bonchev–Trinajstić information content (AvgIpc) is 2.62. The number of hydrogen-bond donors (Lipinski definition) is 1. The first-order chi connectivity index (χ1) is 9.32. The molecule has 1 aliphatic rings. The van der Waals surface area contributed by atoms with Crippen LogP contribution in [0.1, 0.15) is 0 Å². The molecule has 8 nitrogen and oxygen atoms in total. The summed E-state index contributed by atoms with van der Waals surface area (Å²) in [5, 5.41) is 20.6. The van der Waals surface area contributed by atoms with Crippen molar-refractivity contribution < 1.29 is 27.9 Å². The summed E-state index contributed by atoms with van der Waals surface area (Å²) in [6, 6.07) is 3.94. The summed E-state index contributed by atoms with van der Waals surface area (Å²) in [4.78, 5) is 10.3. The quantitative estimate of drug-likeness (QED) is 0.621. The lowest BCUT2D eigenvalue weighted by Gasteiger charge is -2.15. The van der Waals surface area contributed by atoms with E-state index in [1.165, 1.54) is 25.3 Å². The molecule has 9 heteroatoms. The predicted molar refractivity (Wildman–Crippen MR) is 68.7 cm³/mol. The lowest BCUT2D eigenvalue weighted by atomic mass is 10.2. The monoisotopic (exact) mass is 303 g/mol. The molecule has 0 radical (unpaired) electrons. The van der Waals surface area contributed by atoms with Gasteiger partial charge in [0, 0.05) is 0 Å². The van der Waals surface area contributed by atoms with Crippen LogP contribution in [0.4, 0.5) is 5.69 Å². The zero-order valence-electron chi connectivity index (χ0n) is 10.6. The van der Waals surface area contributed by atoms with E-state index in [-0.39, 0.29) is 22.9 Å². The number of benzene rings is 1. The van der Waals surface area contributed by atoms with Gasteiger partial charge in [-0.3, -0.25) is 10.1 Å². The zero-order valence-corrected chi connectivity index (χ0v) is 11.4. The van der Waals surface area contributed by atoms with E-state index in [1.807, 2.05) is 0 Å². The maximum atomic E-state index is 11.4. The Kier molecular flexibility index (Phi) is 3.82. The van der Waals surface area contributed by atoms with Crippen LogP contribution in [0.3, 0.4) is 0 Å². The fourth-order valence-corrected chi connectivity index (χ4v) is 3.60. The van der Waals surface area contributed by atoms with Crippen LogP contribution in [-0.2, 0) is 9.84 Å². The number of rotatable bonds is 4. The van der Waals surface area contributed by atoms with Crippen molar-refractivity contribution in [1.82, 2.24) is 0 Å². The molecule has 2 atom stereocenters. The number of methoxy groups -OCH3 is 1. The Morgan fingerprint density at radius 1 is 1.40 bits per heavy atom. The van der Waals surface area contributed by atoms with Crippen molar-refractivity contribution in [3.05, 3.63) is 28.3 Å². The predicted octanol–water partition coefficient (Wildman–Crippen LogP) is 0.140. The third-order valence-corrected chi connectivity index (χ3v) is 4.60. The molecule has 2 unspecified atom stereocenters. The zero-order chi connectivity index (χ0) is 14.9. The highest BCUT2D eigenvalue weighted by Crippen LogP contribution is 2.33. The summed E-state index contributed by atoms with van der Waals surface area (Å²) in [6.07, 6.45) is -2.20. The van der Waals surface area contributed by atoms with Crippen LogP contribution in [0, 0.1) is 10.1 Å². The Balaban J connectivity index is 2.28. The van der Waals surface area contributed by atoms with E-state index < -0.39 is 32.7 Å². The molecule has 1 heterocycles. The first-order valence-electron chi connectivity index (χ1n) is 5.70. The number of aliphatic hydroxyl groups excluding tert-OH is 1. The van der Waals surface area contributed by atoms with E-state index >= 15 is 0 Å². The second-order valence-corrected chi connectivity index (χ2v) is 6.55. The second kappa shape index (κ2) is 5.25. The molecule has 0 aromatic heterocycles. The van der Waals surface area contributed by atoms with Crippen LogP contribution in [0.2, 0.25) is 0 Å². The minimum Gasteiger partial charge on any atom is -0.496 e. The molecule has 1 saturated heterocycles. The molecular weight excluding hydrogens is 290 g/mol. The van der Waals surface area contributed by atoms with Crippen LogP contribution in [0.5, 0.6) is 11.5 Å². The first-order valence-corrected chi connectivity index (χ1v) is 7.52. The van der Waals surface area contributed by atoms with Gasteiger partial charge in [0.2, 0.25) is 0 Å². The topological polar surface area (TPSA) is 116 Å². The number of nitrogens with zero attached hydrogens (tertiary/aromatic N) is 1. The van der Waals surface area contributed by atoms with Crippen molar-refractivity contribution in [2.24, 2.45) is 0 Å². The lowest BCUT2D eigenvalue weighted by molar-refractivity contribution is -0.386. The molecule has 110 valence electrons. The van der Waals surface area contributed by atoms with Crippen molar-refractivity contribution in [3.8, 4) is 11.5 Å². The van der Waals surface area contributed by atoms with E-state index in [1.54, 1.807) is 0 Å². The molecule has 0 bridgehead atoms. The smallest absolute Gasteiger partial charge is 0.314 e. The van der Waals surface area contributed by atoms with E-state index in [0.29, 0.717) is 0 Å². The third kappa shape index (κ3) is 2.99. The van der Waals surface area contributed by atoms with Gasteiger partial charge in [-0.1, -0.05) is 0 Å². The van der Waals surface area contributed by atoms with E-state index in [2.05, 4.69) is 0 Å². The molecule has 0 saturated carbocycles. The highest BCUT2D eigenvalue weighted by molar-refractivity contribution is 7.91. The van der Waals surface area contributed by atoms with Crippen LogP contribution < -0.4 is 9.47 Å². The molecule has 1 fully saturated rings. The number of nitro groups is 1. The summed E-state index contributed by atoms with van der Waals surface area (Å²) in [5.74, 6) is -0.584. The molecule has 1 aromatic carbocycles. The highest BCUT2D eigenvalue weighted by Gasteiger charge is 2.39. The van der Waals surface area contributed by atoms with Crippen LogP contribution >= 0.6 is 0 Å². The Labute approximate surface area is 115 Å². The Morgan fingerprint density at radius 2 is 2.10 bits per heavy atom. The van der Waals surface area contributed by atoms with Gasteiger partial charge < -0.3 is 14.6 Å². The minimum absolute atomic E-state index is 0.100. The fourth-order valence-electron chi connectivity index (χ4n) is 1.94. The normalized spacial score (nSPS) is 24.3. The summed E-state index contributed by atoms with van der Waals surface area (Å²) < 4.78 is 32.9. The van der Waals surface area contributed by atoms with E-state index in [4.69, 9.17) is 9.47 Å². The van der Waals surface area contributed by atoms with Crippen LogP contribution in [0.15, 0.2) is 18.2 Å². The van der Waals surface area contributed by atoms with Crippen molar-refractivity contribution in [3.63, 3.8) is 0 Å². The number of aliphatic hydroxyl groups is 1. The summed E-state index contributed by atoms with van der Waals surface area (Å²) in [7, 11) is -2.01. The molecule has 20 heavy (non-hydrogen) atoms. The SMILES string of the molecule is COc1ccc(OC2CS(=O)(=O)CC2O)c([N+](=O)[O-])c1. The standard InChI is InChI=1S/C11H13NO7S/c1-18-7-2-3-10(8(4-7)12(14)15)19-11-6-20(16,17)5-9(11)13/h2-4,9,11,13H,5-6H2,1H3. The van der Waals surface area contributed by atoms with Crippen molar-refractivity contribution in [2.75, 3.05) is 18.6 Å².